The first-order chi connectivity index (χ1) is 15.4. The normalized spacial score (nSPS) is 17.9. The van der Waals surface area contributed by atoms with Crippen LogP contribution in [0.5, 0.6) is 0 Å². The van der Waals surface area contributed by atoms with Gasteiger partial charge < -0.3 is 28.9 Å². The van der Waals surface area contributed by atoms with Crippen LogP contribution in [0.2, 0.25) is 0 Å². The van der Waals surface area contributed by atoms with E-state index >= 15 is 0 Å². The maximum absolute atomic E-state index is 12.0. The van der Waals surface area contributed by atoms with Crippen molar-refractivity contribution < 1.29 is 48.1 Å². The van der Waals surface area contributed by atoms with Gasteiger partial charge in [0.05, 0.1) is 12.2 Å². The second-order valence-corrected chi connectivity index (χ2v) is 10.2. The number of phosphoric acid groups is 1. The molecule has 194 valence electrons. The van der Waals surface area contributed by atoms with Crippen molar-refractivity contribution in [3.63, 3.8) is 0 Å². The second-order valence-electron chi connectivity index (χ2n) is 9.03. The summed E-state index contributed by atoms with van der Waals surface area (Å²) < 4.78 is 31.4. The van der Waals surface area contributed by atoms with E-state index in [-0.39, 0.29) is 19.0 Å². The van der Waals surface area contributed by atoms with Crippen LogP contribution in [0.25, 0.3) is 0 Å². The Morgan fingerprint density at radius 3 is 2.09 bits per heavy atom. The predicted octanol–water partition coefficient (Wildman–Crippen LogP) is 3.32. The molecule has 0 unspecified atom stereocenters. The molecule has 1 rings (SSSR count). The first-order valence-corrected chi connectivity index (χ1v) is 13.3. The highest BCUT2D eigenvalue weighted by Gasteiger charge is 2.44. The van der Waals surface area contributed by atoms with Crippen molar-refractivity contribution in [3.8, 4) is 0 Å². The topological polar surface area (TPSA) is 152 Å². The van der Waals surface area contributed by atoms with E-state index in [0.29, 0.717) is 6.61 Å². The average Bonchev–Trinajstić information content (AvgIpc) is 3.00. The third-order valence-corrected chi connectivity index (χ3v) is 5.39. The summed E-state index contributed by atoms with van der Waals surface area (Å²) in [5, 5.41) is 20.3. The van der Waals surface area contributed by atoms with Crippen LogP contribution in [0, 0.1) is 0 Å². The van der Waals surface area contributed by atoms with Crippen LogP contribution >= 0.6 is 7.82 Å². The molecule has 0 fully saturated rings. The Balaban J connectivity index is 2.42. The molecule has 0 aromatic heterocycles. The molecule has 0 aliphatic carbocycles. The molecular formula is C22H41O10P. The van der Waals surface area contributed by atoms with Gasteiger partial charge in [0.25, 0.3) is 5.76 Å². The Morgan fingerprint density at radius 2 is 1.58 bits per heavy atom. The number of phosphoric ester groups is 1. The van der Waals surface area contributed by atoms with Gasteiger partial charge >= 0.3 is 13.8 Å². The smallest absolute Gasteiger partial charge is 0.487 e. The molecule has 0 spiro atoms. The molecule has 1 aliphatic rings. The molecule has 0 saturated carbocycles. The fourth-order valence-electron chi connectivity index (χ4n) is 3.29. The van der Waals surface area contributed by atoms with Crippen molar-refractivity contribution in [1.82, 2.24) is 0 Å². The lowest BCUT2D eigenvalue weighted by Gasteiger charge is -2.23. The number of ether oxygens (including phenoxy) is 3. The van der Waals surface area contributed by atoms with Gasteiger partial charge in [-0.2, -0.15) is 0 Å². The Hall–Kier alpha value is -1.16. The summed E-state index contributed by atoms with van der Waals surface area (Å²) in [5.41, 5.74) is -1.31. The van der Waals surface area contributed by atoms with E-state index in [1.165, 1.54) is 58.8 Å². The van der Waals surface area contributed by atoms with Crippen LogP contribution in [-0.2, 0) is 28.1 Å². The van der Waals surface area contributed by atoms with Crippen molar-refractivity contribution in [1.29, 1.82) is 0 Å². The molecule has 0 aromatic carbocycles. The Morgan fingerprint density at radius 1 is 1.03 bits per heavy atom. The molecule has 0 radical (unpaired) electrons. The Kier molecular flexibility index (Phi) is 13.5. The van der Waals surface area contributed by atoms with Crippen LogP contribution < -0.4 is 0 Å². The minimum absolute atomic E-state index is 0.173. The standard InChI is InChI=1S/C22H41O10P/c1-4-5-6-7-8-9-10-11-12-13-14-29-15-17(23)18-19(30-16-22(2,3)25)20(21(24)31-18)32-33(26,27)28/h17-18,23,25H,4-16H2,1-3H3,(H2,26,27,28)/t17-,18+/m0/s1. The molecule has 0 bridgehead atoms. The van der Waals surface area contributed by atoms with Gasteiger partial charge in [0.1, 0.15) is 12.7 Å². The number of unbranched alkanes of at least 4 members (excludes halogenated alkanes) is 9. The van der Waals surface area contributed by atoms with Gasteiger partial charge in [-0.05, 0) is 20.3 Å². The average molecular weight is 497 g/mol. The summed E-state index contributed by atoms with van der Waals surface area (Å²) in [6.07, 6.45) is 9.17. The van der Waals surface area contributed by atoms with E-state index in [1.54, 1.807) is 0 Å². The van der Waals surface area contributed by atoms with E-state index in [1.807, 2.05) is 0 Å². The van der Waals surface area contributed by atoms with E-state index in [9.17, 15) is 19.6 Å². The zero-order valence-corrected chi connectivity index (χ0v) is 20.9. The zero-order valence-electron chi connectivity index (χ0n) is 20.0. The van der Waals surface area contributed by atoms with Gasteiger partial charge in [-0.15, -0.1) is 0 Å². The monoisotopic (exact) mass is 496 g/mol. The molecule has 2 atom stereocenters. The summed E-state index contributed by atoms with van der Waals surface area (Å²) in [4.78, 5) is 30.1. The quantitative estimate of drug-likeness (QED) is 0.119. The Labute approximate surface area is 196 Å². The van der Waals surface area contributed by atoms with E-state index in [2.05, 4.69) is 11.4 Å². The molecule has 4 N–H and O–H groups in total. The van der Waals surface area contributed by atoms with E-state index in [0.717, 1.165) is 19.3 Å². The fraction of sp³-hybridized carbons (Fsp3) is 0.864. The van der Waals surface area contributed by atoms with Crippen molar-refractivity contribution in [3.05, 3.63) is 11.5 Å². The summed E-state index contributed by atoms with van der Waals surface area (Å²) in [5.74, 6) is -2.39. The number of cyclic esters (lactones) is 1. The van der Waals surface area contributed by atoms with E-state index in [4.69, 9.17) is 24.0 Å². The number of hydrogen-bond acceptors (Lipinski definition) is 8. The molecule has 0 saturated heterocycles. The van der Waals surface area contributed by atoms with Gasteiger partial charge in [-0.25, -0.2) is 9.36 Å². The van der Waals surface area contributed by atoms with Gasteiger partial charge in [0, 0.05) is 6.61 Å². The molecule has 11 heteroatoms. The molecule has 10 nitrogen and oxygen atoms in total. The van der Waals surface area contributed by atoms with Crippen LogP contribution in [-0.4, -0.2) is 63.6 Å². The Bertz CT molecular complexity index is 652. The van der Waals surface area contributed by atoms with Crippen molar-refractivity contribution in [2.24, 2.45) is 0 Å². The fourth-order valence-corrected chi connectivity index (χ4v) is 3.69. The number of esters is 1. The molecule has 0 aromatic rings. The van der Waals surface area contributed by atoms with Gasteiger partial charge in [-0.3, -0.25) is 9.79 Å². The zero-order chi connectivity index (χ0) is 24.9. The minimum atomic E-state index is -5.07. The highest BCUT2D eigenvalue weighted by molar-refractivity contribution is 7.46. The number of carbonyl (C=O) groups excluding carboxylic acids is 1. The van der Waals surface area contributed by atoms with Gasteiger partial charge in [-0.1, -0.05) is 64.7 Å². The van der Waals surface area contributed by atoms with Gasteiger partial charge in [0.15, 0.2) is 11.9 Å². The molecule has 33 heavy (non-hydrogen) atoms. The lowest BCUT2D eigenvalue weighted by molar-refractivity contribution is -0.149. The first kappa shape index (κ1) is 29.9. The summed E-state index contributed by atoms with van der Waals surface area (Å²) in [7, 11) is -5.07. The highest BCUT2D eigenvalue weighted by Crippen LogP contribution is 2.43. The third kappa shape index (κ3) is 13.3. The summed E-state index contributed by atoms with van der Waals surface area (Å²) >= 11 is 0. The lowest BCUT2D eigenvalue weighted by Crippen LogP contribution is -2.35. The van der Waals surface area contributed by atoms with Crippen LogP contribution in [0.4, 0.5) is 0 Å². The second kappa shape index (κ2) is 15.0. The minimum Gasteiger partial charge on any atom is -0.487 e. The van der Waals surface area contributed by atoms with Gasteiger partial charge in [0.2, 0.25) is 0 Å². The maximum atomic E-state index is 12.0. The molecular weight excluding hydrogens is 455 g/mol. The molecule has 1 heterocycles. The largest absolute Gasteiger partial charge is 0.525 e. The third-order valence-electron chi connectivity index (χ3n) is 4.97. The lowest BCUT2D eigenvalue weighted by atomic mass is 10.1. The van der Waals surface area contributed by atoms with Crippen molar-refractivity contribution in [2.45, 2.75) is 103 Å². The van der Waals surface area contributed by atoms with Crippen LogP contribution in [0.3, 0.4) is 0 Å². The summed E-state index contributed by atoms with van der Waals surface area (Å²) in [6.45, 7) is 5.01. The van der Waals surface area contributed by atoms with E-state index < -0.39 is 37.4 Å². The van der Waals surface area contributed by atoms with Crippen LogP contribution in [0.15, 0.2) is 11.5 Å². The number of rotatable bonds is 19. The van der Waals surface area contributed by atoms with Crippen LogP contribution in [0.1, 0.15) is 85.0 Å². The SMILES string of the molecule is CCCCCCCCCCCCOC[C@H](O)[C@H]1OC(=O)C(OP(=O)(O)O)=C1OCC(C)(C)O. The number of aliphatic hydroxyl groups excluding tert-OH is 1. The van der Waals surface area contributed by atoms with Crippen molar-refractivity contribution >= 4 is 13.8 Å². The number of aliphatic hydroxyl groups is 2. The number of hydrogen-bond donors (Lipinski definition) is 4. The molecule has 1 aliphatic heterocycles. The van der Waals surface area contributed by atoms with Crippen molar-refractivity contribution in [2.75, 3.05) is 19.8 Å². The maximum Gasteiger partial charge on any atom is 0.525 e. The number of carbonyl (C=O) groups is 1. The predicted molar refractivity (Wildman–Crippen MR) is 121 cm³/mol. The summed E-state index contributed by atoms with van der Waals surface area (Å²) in [6, 6.07) is 0. The highest BCUT2D eigenvalue weighted by atomic mass is 31.2. The first-order valence-electron chi connectivity index (χ1n) is 11.8. The molecule has 0 amide bonds.